The van der Waals surface area contributed by atoms with Crippen LogP contribution in [-0.4, -0.2) is 41.2 Å². The number of hydrogen-bond acceptors (Lipinski definition) is 6. The van der Waals surface area contributed by atoms with Crippen LogP contribution in [0.4, 0.5) is 11.4 Å². The van der Waals surface area contributed by atoms with Crippen molar-refractivity contribution in [3.63, 3.8) is 0 Å². The first kappa shape index (κ1) is 23.8. The van der Waals surface area contributed by atoms with Gasteiger partial charge in [0, 0.05) is 47.6 Å². The van der Waals surface area contributed by atoms with Gasteiger partial charge in [0.2, 0.25) is 5.91 Å². The number of pyridine rings is 1. The zero-order valence-corrected chi connectivity index (χ0v) is 20.5. The summed E-state index contributed by atoms with van der Waals surface area (Å²) in [6.07, 6.45) is 7.07. The molecule has 3 heterocycles. The number of anilines is 2. The number of nitrogens with zero attached hydrogens (tertiary/aromatic N) is 2. The van der Waals surface area contributed by atoms with Crippen LogP contribution in [0, 0.1) is 0 Å². The molecule has 9 heteroatoms. The van der Waals surface area contributed by atoms with Gasteiger partial charge in [0.25, 0.3) is 5.91 Å². The highest BCUT2D eigenvalue weighted by molar-refractivity contribution is 6.23. The number of carbonyl (C=O) groups excluding carboxylic acids is 2. The molecule has 5 rings (SSSR count). The van der Waals surface area contributed by atoms with Crippen molar-refractivity contribution in [2.75, 3.05) is 17.7 Å². The van der Waals surface area contributed by atoms with Gasteiger partial charge in [0.1, 0.15) is 17.4 Å². The fourth-order valence-corrected chi connectivity index (χ4v) is 4.74. The molecule has 1 aromatic heterocycles. The van der Waals surface area contributed by atoms with Gasteiger partial charge in [0.05, 0.1) is 11.6 Å². The number of alkyl halides is 1. The summed E-state index contributed by atoms with van der Waals surface area (Å²) in [4.78, 5) is 35.0. The first-order valence-corrected chi connectivity index (χ1v) is 12.4. The van der Waals surface area contributed by atoms with E-state index in [1.54, 1.807) is 18.3 Å². The van der Waals surface area contributed by atoms with Crippen LogP contribution in [0.5, 0.6) is 0 Å². The number of amides is 2. The maximum absolute atomic E-state index is 13.2. The lowest BCUT2D eigenvalue weighted by atomic mass is 10.0. The van der Waals surface area contributed by atoms with Crippen LogP contribution in [0.1, 0.15) is 41.2 Å². The van der Waals surface area contributed by atoms with Gasteiger partial charge in [0.15, 0.2) is 0 Å². The summed E-state index contributed by atoms with van der Waals surface area (Å²) in [6, 6.07) is 14.2. The molecule has 0 fully saturated rings. The average Bonchev–Trinajstić information content (AvgIpc) is 3.28. The molecule has 8 nitrogen and oxygen atoms in total. The molecule has 184 valence electrons. The summed E-state index contributed by atoms with van der Waals surface area (Å²) in [5.41, 5.74) is 3.09. The van der Waals surface area contributed by atoms with Crippen molar-refractivity contribution in [1.82, 2.24) is 15.6 Å². The van der Waals surface area contributed by atoms with Gasteiger partial charge in [-0.1, -0.05) is 42.0 Å². The van der Waals surface area contributed by atoms with Gasteiger partial charge in [-0.05, 0) is 43.2 Å². The van der Waals surface area contributed by atoms with Crippen LogP contribution in [0.3, 0.4) is 0 Å². The Hall–Kier alpha value is -3.91. The van der Waals surface area contributed by atoms with Crippen molar-refractivity contribution in [1.29, 1.82) is 0 Å². The van der Waals surface area contributed by atoms with Crippen molar-refractivity contribution in [3.8, 4) is 0 Å². The number of fused-ring (bicyclic) bond motifs is 4. The minimum atomic E-state index is -0.535. The number of amidine groups is 1. The molecule has 0 saturated heterocycles. The molecule has 2 aliphatic rings. The number of aliphatic imine (C=N–C) groups is 1. The Labute approximate surface area is 214 Å². The van der Waals surface area contributed by atoms with Crippen LogP contribution in [0.15, 0.2) is 71.9 Å². The second-order valence-corrected chi connectivity index (χ2v) is 9.26. The third kappa shape index (κ3) is 5.04. The van der Waals surface area contributed by atoms with Crippen LogP contribution in [0.25, 0.3) is 10.9 Å². The lowest BCUT2D eigenvalue weighted by Crippen LogP contribution is -2.46. The Kier molecular flexibility index (Phi) is 6.86. The molecule has 0 saturated carbocycles. The average molecular weight is 503 g/mol. The normalized spacial score (nSPS) is 22.6. The zero-order chi connectivity index (χ0) is 25.1. The third-order valence-corrected chi connectivity index (χ3v) is 6.70. The molecular formula is C27H27ClN6O2. The largest absolute Gasteiger partial charge is 0.388 e. The molecule has 2 amide bonds. The Morgan fingerprint density at radius 1 is 1.14 bits per heavy atom. The first-order valence-electron chi connectivity index (χ1n) is 11.9. The van der Waals surface area contributed by atoms with Crippen molar-refractivity contribution in [3.05, 3.63) is 78.0 Å². The minimum absolute atomic E-state index is 0.0792. The smallest absolute Gasteiger partial charge is 0.251 e. The van der Waals surface area contributed by atoms with E-state index in [4.69, 9.17) is 16.6 Å². The van der Waals surface area contributed by atoms with E-state index >= 15 is 0 Å². The lowest BCUT2D eigenvalue weighted by Gasteiger charge is -2.19. The number of benzene rings is 2. The SMILES string of the molecule is CNc1ccc2c(c1)NC(=O)CC/C=C/CC(NC(=O)c1ccc3cccnc3c1)C1=NC2C(Cl)N1. The van der Waals surface area contributed by atoms with Crippen molar-refractivity contribution in [2.45, 2.75) is 36.8 Å². The van der Waals surface area contributed by atoms with Gasteiger partial charge < -0.3 is 21.3 Å². The maximum Gasteiger partial charge on any atom is 0.251 e. The highest BCUT2D eigenvalue weighted by Gasteiger charge is 2.34. The monoisotopic (exact) mass is 502 g/mol. The number of aromatic nitrogens is 1. The van der Waals surface area contributed by atoms with E-state index in [1.807, 2.05) is 55.6 Å². The number of allylic oxidation sites excluding steroid dienone is 1. The van der Waals surface area contributed by atoms with Crippen molar-refractivity contribution in [2.24, 2.45) is 4.99 Å². The van der Waals surface area contributed by atoms with Crippen LogP contribution in [-0.2, 0) is 4.79 Å². The molecule has 2 bridgehead atoms. The van der Waals surface area contributed by atoms with Gasteiger partial charge in [-0.15, -0.1) is 0 Å². The van der Waals surface area contributed by atoms with Crippen LogP contribution in [0.2, 0.25) is 0 Å². The molecule has 2 aliphatic heterocycles. The fraction of sp³-hybridized carbons (Fsp3) is 0.259. The summed E-state index contributed by atoms with van der Waals surface area (Å²) in [5.74, 6) is 0.302. The van der Waals surface area contributed by atoms with Crippen molar-refractivity contribution >= 4 is 51.5 Å². The van der Waals surface area contributed by atoms with E-state index in [2.05, 4.69) is 26.3 Å². The van der Waals surface area contributed by atoms with E-state index in [9.17, 15) is 9.59 Å². The molecule has 3 aromatic rings. The Morgan fingerprint density at radius 2 is 2.03 bits per heavy atom. The van der Waals surface area contributed by atoms with Crippen molar-refractivity contribution < 1.29 is 9.59 Å². The van der Waals surface area contributed by atoms with Gasteiger partial charge >= 0.3 is 0 Å². The number of rotatable bonds is 3. The molecule has 0 spiro atoms. The van der Waals surface area contributed by atoms with Gasteiger partial charge in [-0.25, -0.2) is 0 Å². The summed E-state index contributed by atoms with van der Waals surface area (Å²) < 4.78 is 0. The standard InChI is InChI=1S/C27H27ClN6O2/c1-29-18-11-12-19-22(15-18)31-23(35)8-4-2-3-7-20(26-33-24(19)25(28)34-26)32-27(36)17-10-9-16-6-5-13-30-21(16)14-17/h2-3,5-6,9-15,20,24-25,29H,4,7-8H2,1H3,(H,31,35)(H,32,36)(H,33,34)/b3-2+. The van der Waals surface area contributed by atoms with Crippen LogP contribution < -0.4 is 21.3 Å². The third-order valence-electron chi connectivity index (χ3n) is 6.36. The Morgan fingerprint density at radius 3 is 2.89 bits per heavy atom. The Bertz CT molecular complexity index is 1370. The summed E-state index contributed by atoms with van der Waals surface area (Å²) in [6.45, 7) is 0. The highest BCUT2D eigenvalue weighted by atomic mass is 35.5. The van der Waals surface area contributed by atoms with E-state index in [-0.39, 0.29) is 11.8 Å². The van der Waals surface area contributed by atoms with Gasteiger partial charge in [-0.2, -0.15) is 0 Å². The second kappa shape index (κ2) is 10.4. The van der Waals surface area contributed by atoms with Gasteiger partial charge in [-0.3, -0.25) is 19.6 Å². The Balaban J connectivity index is 1.47. The zero-order valence-electron chi connectivity index (χ0n) is 19.8. The first-order chi connectivity index (χ1) is 17.5. The maximum atomic E-state index is 13.2. The van der Waals surface area contributed by atoms with E-state index in [0.717, 1.165) is 22.2 Å². The van der Waals surface area contributed by atoms with E-state index < -0.39 is 17.6 Å². The number of hydrogen-bond donors (Lipinski definition) is 4. The number of halogens is 1. The predicted molar refractivity (Wildman–Crippen MR) is 144 cm³/mol. The topological polar surface area (TPSA) is 108 Å². The quantitative estimate of drug-likeness (QED) is 0.242. The molecule has 2 aromatic carbocycles. The minimum Gasteiger partial charge on any atom is -0.388 e. The molecule has 0 radical (unpaired) electrons. The number of carbonyl (C=O) groups is 2. The summed E-state index contributed by atoms with van der Waals surface area (Å²) in [7, 11) is 1.82. The van der Waals surface area contributed by atoms with E-state index in [0.29, 0.717) is 36.3 Å². The lowest BCUT2D eigenvalue weighted by molar-refractivity contribution is -0.116. The molecule has 4 N–H and O–H groups in total. The highest BCUT2D eigenvalue weighted by Crippen LogP contribution is 2.35. The molecular weight excluding hydrogens is 476 g/mol. The van der Waals surface area contributed by atoms with E-state index in [1.165, 1.54) is 0 Å². The fourth-order valence-electron chi connectivity index (χ4n) is 4.43. The summed E-state index contributed by atoms with van der Waals surface area (Å²) >= 11 is 6.71. The summed E-state index contributed by atoms with van der Waals surface area (Å²) in [5, 5.41) is 13.4. The molecule has 3 atom stereocenters. The van der Waals surface area contributed by atoms with Crippen LogP contribution >= 0.6 is 11.6 Å². The number of nitrogens with one attached hydrogen (secondary N) is 4. The molecule has 0 aliphatic carbocycles. The predicted octanol–water partition coefficient (Wildman–Crippen LogP) is 4.36. The molecule has 36 heavy (non-hydrogen) atoms. The molecule has 3 unspecified atom stereocenters. The second-order valence-electron chi connectivity index (χ2n) is 8.79.